The van der Waals surface area contributed by atoms with E-state index in [0.717, 1.165) is 25.0 Å². The first-order chi connectivity index (χ1) is 11.2. The second-order valence-electron chi connectivity index (χ2n) is 6.81. The Hall–Kier alpha value is -1.56. The van der Waals surface area contributed by atoms with Gasteiger partial charge >= 0.3 is 6.18 Å². The van der Waals surface area contributed by atoms with Crippen molar-refractivity contribution in [3.05, 3.63) is 35.4 Å². The number of hydrogen-bond donors (Lipinski definition) is 1. The summed E-state index contributed by atoms with van der Waals surface area (Å²) in [5.41, 5.74) is 5.77. The van der Waals surface area contributed by atoms with E-state index in [2.05, 4.69) is 0 Å². The number of nitrogens with zero attached hydrogens (tertiary/aromatic N) is 1. The molecule has 3 nitrogen and oxygen atoms in total. The van der Waals surface area contributed by atoms with Crippen LogP contribution in [0.5, 0.6) is 0 Å². The first-order valence-electron chi connectivity index (χ1n) is 8.39. The number of amides is 1. The van der Waals surface area contributed by atoms with Gasteiger partial charge in [-0.15, -0.1) is 0 Å². The number of benzene rings is 1. The van der Waals surface area contributed by atoms with Gasteiger partial charge in [0.25, 0.3) is 0 Å². The van der Waals surface area contributed by atoms with Gasteiger partial charge in [0.15, 0.2) is 0 Å². The fourth-order valence-electron chi connectivity index (χ4n) is 3.21. The molecule has 1 aliphatic heterocycles. The lowest BCUT2D eigenvalue weighted by Crippen LogP contribution is -2.42. The molecule has 1 heterocycles. The number of alkyl halides is 3. The highest BCUT2D eigenvalue weighted by Gasteiger charge is 2.31. The summed E-state index contributed by atoms with van der Waals surface area (Å²) in [7, 11) is 0. The number of piperidine rings is 1. The average molecular weight is 342 g/mol. The number of halogens is 3. The molecule has 0 aromatic heterocycles. The molecule has 0 bridgehead atoms. The molecule has 1 aromatic rings. The minimum absolute atomic E-state index is 0.00281. The summed E-state index contributed by atoms with van der Waals surface area (Å²) in [6.07, 6.45) is -2.35. The summed E-state index contributed by atoms with van der Waals surface area (Å²) in [5, 5.41) is 0. The van der Waals surface area contributed by atoms with Gasteiger partial charge in [-0.3, -0.25) is 4.79 Å². The Kier molecular flexibility index (Phi) is 5.91. The lowest BCUT2D eigenvalue weighted by atomic mass is 9.90. The Balaban J connectivity index is 1.95. The van der Waals surface area contributed by atoms with Crippen molar-refractivity contribution >= 4 is 5.91 Å². The summed E-state index contributed by atoms with van der Waals surface area (Å²) >= 11 is 0. The molecule has 2 atom stereocenters. The number of hydrogen-bond acceptors (Lipinski definition) is 2. The average Bonchev–Trinajstić information content (AvgIpc) is 2.54. The Morgan fingerprint density at radius 1 is 1.29 bits per heavy atom. The predicted octanol–water partition coefficient (Wildman–Crippen LogP) is 3.78. The van der Waals surface area contributed by atoms with Crippen LogP contribution in [-0.4, -0.2) is 29.9 Å². The zero-order chi connectivity index (χ0) is 17.9. The maximum Gasteiger partial charge on any atom is 0.416 e. The summed E-state index contributed by atoms with van der Waals surface area (Å²) in [6.45, 7) is 5.14. The predicted molar refractivity (Wildman–Crippen MR) is 87.4 cm³/mol. The Morgan fingerprint density at radius 3 is 2.46 bits per heavy atom. The minimum Gasteiger partial charge on any atom is -0.343 e. The molecule has 0 saturated carbocycles. The quantitative estimate of drug-likeness (QED) is 0.905. The van der Waals surface area contributed by atoms with Crippen LogP contribution >= 0.6 is 0 Å². The normalized spacial score (nSPS) is 19.2. The molecule has 2 rings (SSSR count). The van der Waals surface area contributed by atoms with Gasteiger partial charge in [0.05, 0.1) is 5.56 Å². The summed E-state index contributed by atoms with van der Waals surface area (Å²) < 4.78 is 38.4. The van der Waals surface area contributed by atoms with Crippen molar-refractivity contribution in [1.82, 2.24) is 4.90 Å². The van der Waals surface area contributed by atoms with Gasteiger partial charge in [-0.25, -0.2) is 0 Å². The van der Waals surface area contributed by atoms with Crippen LogP contribution in [0, 0.1) is 5.92 Å². The second-order valence-corrected chi connectivity index (χ2v) is 6.81. The van der Waals surface area contributed by atoms with Crippen molar-refractivity contribution in [3.63, 3.8) is 0 Å². The Morgan fingerprint density at radius 2 is 1.92 bits per heavy atom. The number of carbonyl (C=O) groups excluding carboxylic acids is 1. The van der Waals surface area contributed by atoms with Crippen LogP contribution in [0.4, 0.5) is 13.2 Å². The van der Waals surface area contributed by atoms with Crippen molar-refractivity contribution in [3.8, 4) is 0 Å². The molecule has 1 fully saturated rings. The second kappa shape index (κ2) is 7.55. The minimum atomic E-state index is -4.36. The molecule has 2 N–H and O–H groups in total. The van der Waals surface area contributed by atoms with E-state index in [0.29, 0.717) is 24.6 Å². The smallest absolute Gasteiger partial charge is 0.343 e. The van der Waals surface area contributed by atoms with Crippen LogP contribution in [0.15, 0.2) is 24.3 Å². The van der Waals surface area contributed by atoms with Gasteiger partial charge in [0.2, 0.25) is 5.91 Å². The van der Waals surface area contributed by atoms with E-state index in [9.17, 15) is 18.0 Å². The highest BCUT2D eigenvalue weighted by molar-refractivity contribution is 5.77. The van der Waals surface area contributed by atoms with E-state index in [1.807, 2.05) is 11.8 Å². The third kappa shape index (κ3) is 4.72. The number of rotatable bonds is 4. The third-order valence-electron chi connectivity index (χ3n) is 4.90. The Bertz CT molecular complexity index is 564. The van der Waals surface area contributed by atoms with Gasteiger partial charge in [-0.1, -0.05) is 25.1 Å². The van der Waals surface area contributed by atoms with Gasteiger partial charge in [-0.2, -0.15) is 13.2 Å². The molecular weight excluding hydrogens is 317 g/mol. The molecule has 6 heteroatoms. The van der Waals surface area contributed by atoms with E-state index in [4.69, 9.17) is 5.73 Å². The molecule has 1 saturated heterocycles. The third-order valence-corrected chi connectivity index (χ3v) is 4.90. The van der Waals surface area contributed by atoms with Crippen LogP contribution in [0.1, 0.15) is 50.2 Å². The maximum absolute atomic E-state index is 12.8. The standard InChI is InChI=1S/C18H25F3N2O/c1-12(15-4-3-5-16(11-15)18(19,20)21)10-17(24)23-8-6-14(7-9-23)13(2)22/h3-5,11-14H,6-10,22H2,1-2H3. The molecule has 2 unspecified atom stereocenters. The summed E-state index contributed by atoms with van der Waals surface area (Å²) in [5.74, 6) is 0.198. The summed E-state index contributed by atoms with van der Waals surface area (Å²) in [6, 6.07) is 5.37. The van der Waals surface area contributed by atoms with Crippen molar-refractivity contribution in [1.29, 1.82) is 0 Å². The SMILES string of the molecule is CC(CC(=O)N1CCC(C(C)N)CC1)c1cccc(C(F)(F)F)c1. The highest BCUT2D eigenvalue weighted by atomic mass is 19.4. The van der Waals surface area contributed by atoms with E-state index in [1.165, 1.54) is 6.07 Å². The van der Waals surface area contributed by atoms with Gasteiger partial charge < -0.3 is 10.6 Å². The first-order valence-corrected chi connectivity index (χ1v) is 8.39. The fraction of sp³-hybridized carbons (Fsp3) is 0.611. The molecule has 0 spiro atoms. The van der Waals surface area contributed by atoms with Crippen molar-refractivity contribution < 1.29 is 18.0 Å². The number of likely N-dealkylation sites (tertiary alicyclic amines) is 1. The number of nitrogens with two attached hydrogens (primary N) is 1. The van der Waals surface area contributed by atoms with Crippen LogP contribution in [0.2, 0.25) is 0 Å². The topological polar surface area (TPSA) is 46.3 Å². The van der Waals surface area contributed by atoms with E-state index in [1.54, 1.807) is 13.0 Å². The maximum atomic E-state index is 12.8. The van der Waals surface area contributed by atoms with E-state index >= 15 is 0 Å². The zero-order valence-electron chi connectivity index (χ0n) is 14.1. The van der Waals surface area contributed by atoms with Gasteiger partial charge in [-0.05, 0) is 43.2 Å². The molecule has 0 radical (unpaired) electrons. The summed E-state index contributed by atoms with van der Waals surface area (Å²) in [4.78, 5) is 14.2. The van der Waals surface area contributed by atoms with Crippen molar-refractivity contribution in [2.75, 3.05) is 13.1 Å². The van der Waals surface area contributed by atoms with Crippen LogP contribution in [0.25, 0.3) is 0 Å². The molecule has 134 valence electrons. The Labute approximate surface area is 141 Å². The van der Waals surface area contributed by atoms with Gasteiger partial charge in [0, 0.05) is 25.6 Å². The molecule has 1 aliphatic rings. The number of carbonyl (C=O) groups is 1. The molecule has 24 heavy (non-hydrogen) atoms. The van der Waals surface area contributed by atoms with E-state index < -0.39 is 11.7 Å². The molecular formula is C18H25F3N2O. The molecule has 1 aromatic carbocycles. The van der Waals surface area contributed by atoms with Crippen molar-refractivity contribution in [2.45, 2.75) is 51.2 Å². The van der Waals surface area contributed by atoms with E-state index in [-0.39, 0.29) is 24.3 Å². The fourth-order valence-corrected chi connectivity index (χ4v) is 3.21. The monoisotopic (exact) mass is 342 g/mol. The van der Waals surface area contributed by atoms with Crippen LogP contribution < -0.4 is 5.73 Å². The highest BCUT2D eigenvalue weighted by Crippen LogP contribution is 2.32. The zero-order valence-corrected chi connectivity index (χ0v) is 14.1. The van der Waals surface area contributed by atoms with Crippen LogP contribution in [0.3, 0.4) is 0 Å². The molecule has 1 amide bonds. The van der Waals surface area contributed by atoms with Crippen LogP contribution in [-0.2, 0) is 11.0 Å². The first kappa shape index (κ1) is 18.8. The lowest BCUT2D eigenvalue weighted by Gasteiger charge is -2.34. The van der Waals surface area contributed by atoms with Crippen molar-refractivity contribution in [2.24, 2.45) is 11.7 Å². The lowest BCUT2D eigenvalue weighted by molar-refractivity contribution is -0.137. The van der Waals surface area contributed by atoms with Gasteiger partial charge in [0.1, 0.15) is 0 Å². The largest absolute Gasteiger partial charge is 0.416 e. The molecule has 0 aliphatic carbocycles.